The third kappa shape index (κ3) is 2.08. The van der Waals surface area contributed by atoms with Gasteiger partial charge in [-0.3, -0.25) is 9.18 Å². The zero-order chi connectivity index (χ0) is 13.3. The molecule has 96 valence electrons. The van der Waals surface area contributed by atoms with Gasteiger partial charge in [-0.25, -0.2) is 4.79 Å². The van der Waals surface area contributed by atoms with Gasteiger partial charge in [0, 0.05) is 19.4 Å². The fraction of sp³-hybridized carbons (Fsp3) is 0.385. The zero-order valence-corrected chi connectivity index (χ0v) is 9.97. The van der Waals surface area contributed by atoms with Gasteiger partial charge in [0.15, 0.2) is 0 Å². The monoisotopic (exact) mass is 251 g/mol. The van der Waals surface area contributed by atoms with E-state index in [1.165, 1.54) is 17.0 Å². The Balaban J connectivity index is 2.29. The number of hydrogen-bond acceptors (Lipinski definition) is 2. The van der Waals surface area contributed by atoms with E-state index in [0.29, 0.717) is 0 Å². The van der Waals surface area contributed by atoms with Crippen LogP contribution in [0.2, 0.25) is 0 Å². The summed E-state index contributed by atoms with van der Waals surface area (Å²) in [6, 6.07) is 5.94. The molecule has 1 fully saturated rings. The van der Waals surface area contributed by atoms with E-state index in [-0.39, 0.29) is 29.9 Å². The van der Waals surface area contributed by atoms with Gasteiger partial charge in [-0.15, -0.1) is 0 Å². The van der Waals surface area contributed by atoms with E-state index >= 15 is 0 Å². The second kappa shape index (κ2) is 4.76. The van der Waals surface area contributed by atoms with Crippen molar-refractivity contribution in [3.63, 3.8) is 0 Å². The molecule has 0 bridgehead atoms. The number of carboxylic acid groups (broad SMARTS) is 1. The lowest BCUT2D eigenvalue weighted by atomic mass is 9.94. The molecule has 1 heterocycles. The van der Waals surface area contributed by atoms with Crippen molar-refractivity contribution in [2.75, 3.05) is 13.7 Å². The van der Waals surface area contributed by atoms with Crippen molar-refractivity contribution in [1.29, 1.82) is 0 Å². The Hall–Kier alpha value is -1.91. The highest BCUT2D eigenvalue weighted by molar-refractivity contribution is 5.87. The summed E-state index contributed by atoms with van der Waals surface area (Å²) in [5, 5.41) is 8.81. The molecule has 4 nitrogen and oxygen atoms in total. The first-order valence-corrected chi connectivity index (χ1v) is 5.69. The van der Waals surface area contributed by atoms with Crippen molar-refractivity contribution >= 4 is 11.9 Å². The molecule has 1 aliphatic rings. The van der Waals surface area contributed by atoms with Crippen LogP contribution in [0.25, 0.3) is 0 Å². The summed E-state index contributed by atoms with van der Waals surface area (Å²) in [6.07, 6.45) is 0.207. The van der Waals surface area contributed by atoms with Crippen LogP contribution >= 0.6 is 0 Å². The first-order valence-electron chi connectivity index (χ1n) is 5.69. The number of carbonyl (C=O) groups excluding carboxylic acids is 1. The van der Waals surface area contributed by atoms with Crippen molar-refractivity contribution < 1.29 is 19.1 Å². The van der Waals surface area contributed by atoms with Gasteiger partial charge >= 0.3 is 5.97 Å². The summed E-state index contributed by atoms with van der Waals surface area (Å²) in [6.45, 7) is -0.554. The number of carboxylic acids is 1. The van der Waals surface area contributed by atoms with E-state index in [0.717, 1.165) is 5.56 Å². The minimum atomic E-state index is -1.00. The van der Waals surface area contributed by atoms with Crippen LogP contribution in [0.4, 0.5) is 4.39 Å². The molecule has 1 saturated heterocycles. The fourth-order valence-electron chi connectivity index (χ4n) is 2.41. The molecule has 1 aromatic carbocycles. The van der Waals surface area contributed by atoms with Crippen molar-refractivity contribution in [2.24, 2.45) is 5.92 Å². The Morgan fingerprint density at radius 2 is 2.06 bits per heavy atom. The molecule has 0 aliphatic carbocycles. The Kier molecular flexibility index (Phi) is 3.32. The minimum absolute atomic E-state index is 0.0787. The summed E-state index contributed by atoms with van der Waals surface area (Å²) in [4.78, 5) is 23.8. The van der Waals surface area contributed by atoms with Crippen LogP contribution in [0.5, 0.6) is 0 Å². The average Bonchev–Trinajstić information content (AvgIpc) is 2.65. The SMILES string of the molecule is CN1C(=O)CC(CF)C1c1ccc(C(=O)O)cc1. The highest BCUT2D eigenvalue weighted by atomic mass is 19.1. The number of amides is 1. The van der Waals surface area contributed by atoms with E-state index in [4.69, 9.17) is 5.11 Å². The average molecular weight is 251 g/mol. The first kappa shape index (κ1) is 12.5. The number of halogens is 1. The Morgan fingerprint density at radius 1 is 1.44 bits per heavy atom. The number of likely N-dealkylation sites (tertiary alicyclic amines) is 1. The number of carbonyl (C=O) groups is 2. The van der Waals surface area contributed by atoms with Crippen molar-refractivity contribution in [3.8, 4) is 0 Å². The second-order valence-electron chi connectivity index (χ2n) is 4.50. The second-order valence-corrected chi connectivity index (χ2v) is 4.50. The number of alkyl halides is 1. The maximum absolute atomic E-state index is 12.9. The summed E-state index contributed by atoms with van der Waals surface area (Å²) in [5.41, 5.74) is 0.957. The molecule has 1 N–H and O–H groups in total. The van der Waals surface area contributed by atoms with Crippen molar-refractivity contribution in [1.82, 2.24) is 4.90 Å². The van der Waals surface area contributed by atoms with Crippen LogP contribution in [0, 0.1) is 5.92 Å². The normalized spacial score (nSPS) is 23.4. The topological polar surface area (TPSA) is 57.6 Å². The predicted octanol–water partition coefficient (Wildman–Crippen LogP) is 1.87. The summed E-state index contributed by atoms with van der Waals surface area (Å²) < 4.78 is 12.9. The van der Waals surface area contributed by atoms with Crippen LogP contribution < -0.4 is 0 Å². The number of aromatic carboxylic acids is 1. The smallest absolute Gasteiger partial charge is 0.335 e. The van der Waals surface area contributed by atoms with Crippen molar-refractivity contribution in [2.45, 2.75) is 12.5 Å². The van der Waals surface area contributed by atoms with Crippen molar-refractivity contribution in [3.05, 3.63) is 35.4 Å². The van der Waals surface area contributed by atoms with Crippen LogP contribution in [0.3, 0.4) is 0 Å². The van der Waals surface area contributed by atoms with Crippen LogP contribution in [0.15, 0.2) is 24.3 Å². The molecule has 1 amide bonds. The van der Waals surface area contributed by atoms with E-state index in [9.17, 15) is 14.0 Å². The number of rotatable bonds is 3. The van der Waals surface area contributed by atoms with Gasteiger partial charge in [-0.2, -0.15) is 0 Å². The lowest BCUT2D eigenvalue weighted by molar-refractivity contribution is -0.127. The number of benzene rings is 1. The van der Waals surface area contributed by atoms with E-state index in [1.54, 1.807) is 19.2 Å². The Morgan fingerprint density at radius 3 is 2.56 bits per heavy atom. The van der Waals surface area contributed by atoms with E-state index < -0.39 is 12.6 Å². The maximum Gasteiger partial charge on any atom is 0.335 e. The highest BCUT2D eigenvalue weighted by Gasteiger charge is 2.38. The van der Waals surface area contributed by atoms with Gasteiger partial charge in [-0.1, -0.05) is 12.1 Å². The zero-order valence-electron chi connectivity index (χ0n) is 9.97. The molecule has 18 heavy (non-hydrogen) atoms. The van der Waals surface area contributed by atoms with Crippen LogP contribution in [-0.4, -0.2) is 35.6 Å². The molecule has 0 saturated carbocycles. The molecule has 5 heteroatoms. The molecule has 1 aliphatic heterocycles. The third-order valence-corrected chi connectivity index (χ3v) is 3.39. The Labute approximate surface area is 104 Å². The van der Waals surface area contributed by atoms with Gasteiger partial charge in [0.2, 0.25) is 5.91 Å². The summed E-state index contributed by atoms with van der Waals surface area (Å²) >= 11 is 0. The lowest BCUT2D eigenvalue weighted by Crippen LogP contribution is -2.24. The summed E-state index contributed by atoms with van der Waals surface area (Å²) in [7, 11) is 1.65. The number of nitrogens with zero attached hydrogens (tertiary/aromatic N) is 1. The molecule has 0 spiro atoms. The van der Waals surface area contributed by atoms with E-state index in [2.05, 4.69) is 0 Å². The van der Waals surface area contributed by atoms with Crippen LogP contribution in [-0.2, 0) is 4.79 Å². The molecule has 2 unspecified atom stereocenters. The van der Waals surface area contributed by atoms with E-state index in [1.807, 2.05) is 0 Å². The standard InChI is InChI=1S/C13H14FNO3/c1-15-11(16)6-10(7-14)12(15)8-2-4-9(5-3-8)13(17)18/h2-5,10,12H,6-7H2,1H3,(H,17,18). The first-order chi connectivity index (χ1) is 8.54. The highest BCUT2D eigenvalue weighted by Crippen LogP contribution is 2.37. The predicted molar refractivity (Wildman–Crippen MR) is 63.0 cm³/mol. The quantitative estimate of drug-likeness (QED) is 0.892. The number of hydrogen-bond donors (Lipinski definition) is 1. The molecule has 0 radical (unpaired) electrons. The molecule has 0 aromatic heterocycles. The third-order valence-electron chi connectivity index (χ3n) is 3.39. The fourth-order valence-corrected chi connectivity index (χ4v) is 2.41. The Bertz CT molecular complexity index is 472. The molecule has 1 aromatic rings. The van der Waals surface area contributed by atoms with Gasteiger partial charge in [0.25, 0.3) is 0 Å². The molecular formula is C13H14FNO3. The minimum Gasteiger partial charge on any atom is -0.478 e. The molecule has 2 atom stereocenters. The summed E-state index contributed by atoms with van der Waals surface area (Å²) in [5.74, 6) is -1.43. The lowest BCUT2D eigenvalue weighted by Gasteiger charge is -2.24. The van der Waals surface area contributed by atoms with Gasteiger partial charge in [0.05, 0.1) is 18.3 Å². The molecule has 2 rings (SSSR count). The van der Waals surface area contributed by atoms with Crippen LogP contribution in [0.1, 0.15) is 28.4 Å². The largest absolute Gasteiger partial charge is 0.478 e. The van der Waals surface area contributed by atoms with Gasteiger partial charge in [-0.05, 0) is 17.7 Å². The molecular weight excluding hydrogens is 237 g/mol. The van der Waals surface area contributed by atoms with Gasteiger partial charge < -0.3 is 10.0 Å². The van der Waals surface area contributed by atoms with Gasteiger partial charge in [0.1, 0.15) is 0 Å². The maximum atomic E-state index is 12.9.